The highest BCUT2D eigenvalue weighted by atomic mass is 35.5. The second-order valence-electron chi connectivity index (χ2n) is 5.74. The summed E-state index contributed by atoms with van der Waals surface area (Å²) in [6, 6.07) is 21.0. The summed E-state index contributed by atoms with van der Waals surface area (Å²) in [4.78, 5) is 0. The van der Waals surface area contributed by atoms with Crippen LogP contribution in [0.1, 0.15) is 37.1 Å². The fourth-order valence-electron chi connectivity index (χ4n) is 2.42. The molecule has 2 aromatic carbocycles. The van der Waals surface area contributed by atoms with Crippen LogP contribution >= 0.6 is 24.8 Å². The first kappa shape index (κ1) is 22.9. The van der Waals surface area contributed by atoms with E-state index in [4.69, 9.17) is 0 Å². The second-order valence-corrected chi connectivity index (χ2v) is 5.74. The fourth-order valence-corrected chi connectivity index (χ4v) is 2.42. The predicted molar refractivity (Wildman–Crippen MR) is 106 cm³/mol. The minimum atomic E-state index is -0.405. The van der Waals surface area contributed by atoms with Gasteiger partial charge in [-0.05, 0) is 25.0 Å². The zero-order valence-corrected chi connectivity index (χ0v) is 15.8. The number of halogens is 2. The van der Waals surface area contributed by atoms with Gasteiger partial charge in [-0.2, -0.15) is 0 Å². The third-order valence-electron chi connectivity index (χ3n) is 3.92. The van der Waals surface area contributed by atoms with Crippen LogP contribution in [0.4, 0.5) is 0 Å². The summed E-state index contributed by atoms with van der Waals surface area (Å²) in [7, 11) is 0. The van der Waals surface area contributed by atoms with Gasteiger partial charge >= 0.3 is 0 Å². The van der Waals surface area contributed by atoms with E-state index in [-0.39, 0.29) is 36.9 Å². The Kier molecular flexibility index (Phi) is 11.7. The quantitative estimate of drug-likeness (QED) is 0.660. The van der Waals surface area contributed by atoms with Gasteiger partial charge in [0.05, 0.1) is 6.10 Å². The monoisotopic (exact) mass is 370 g/mol. The minimum absolute atomic E-state index is 0. The van der Waals surface area contributed by atoms with E-state index in [2.05, 4.69) is 48.7 Å². The van der Waals surface area contributed by atoms with E-state index in [0.29, 0.717) is 13.1 Å². The van der Waals surface area contributed by atoms with Crippen LogP contribution in [0.5, 0.6) is 0 Å². The maximum absolute atomic E-state index is 10.1. The van der Waals surface area contributed by atoms with E-state index >= 15 is 0 Å². The summed E-state index contributed by atoms with van der Waals surface area (Å²) >= 11 is 0. The van der Waals surface area contributed by atoms with Crippen LogP contribution in [-0.2, 0) is 0 Å². The van der Waals surface area contributed by atoms with Crippen LogP contribution in [-0.4, -0.2) is 24.3 Å². The number of nitrogens with one attached hydrogen (secondary N) is 2. The van der Waals surface area contributed by atoms with Crippen LogP contribution in [0.2, 0.25) is 0 Å². The summed E-state index contributed by atoms with van der Waals surface area (Å²) in [6.07, 6.45) is -0.405. The lowest BCUT2D eigenvalue weighted by atomic mass is 10.1. The first-order valence-corrected chi connectivity index (χ1v) is 7.91. The molecule has 0 fully saturated rings. The average Bonchev–Trinajstić information content (AvgIpc) is 2.59. The van der Waals surface area contributed by atoms with Gasteiger partial charge in [0, 0.05) is 25.2 Å². The highest BCUT2D eigenvalue weighted by molar-refractivity contribution is 5.85. The summed E-state index contributed by atoms with van der Waals surface area (Å²) in [5.74, 6) is 0. The van der Waals surface area contributed by atoms with Gasteiger partial charge in [0.2, 0.25) is 0 Å². The zero-order chi connectivity index (χ0) is 15.8. The molecule has 24 heavy (non-hydrogen) atoms. The lowest BCUT2D eigenvalue weighted by molar-refractivity contribution is 0.161. The predicted octanol–water partition coefficient (Wildman–Crippen LogP) is 3.89. The molecule has 0 amide bonds. The number of hydrogen-bond donors (Lipinski definition) is 3. The number of benzene rings is 2. The molecule has 0 saturated heterocycles. The van der Waals surface area contributed by atoms with Gasteiger partial charge in [-0.3, -0.25) is 0 Å². The maximum atomic E-state index is 10.1. The van der Waals surface area contributed by atoms with Crippen molar-refractivity contribution in [3.05, 3.63) is 71.8 Å². The molecule has 0 aromatic heterocycles. The van der Waals surface area contributed by atoms with Crippen LogP contribution < -0.4 is 10.6 Å². The van der Waals surface area contributed by atoms with Crippen molar-refractivity contribution < 1.29 is 5.11 Å². The van der Waals surface area contributed by atoms with Crippen LogP contribution in [0.3, 0.4) is 0 Å². The summed E-state index contributed by atoms with van der Waals surface area (Å²) < 4.78 is 0. The number of aliphatic hydroxyl groups is 1. The van der Waals surface area contributed by atoms with Gasteiger partial charge in [0.1, 0.15) is 0 Å². The normalized spacial score (nSPS) is 14.0. The van der Waals surface area contributed by atoms with E-state index in [1.807, 2.05) is 36.4 Å². The molecule has 0 spiro atoms. The Bertz CT molecular complexity index is 490. The van der Waals surface area contributed by atoms with E-state index in [9.17, 15) is 5.11 Å². The largest absolute Gasteiger partial charge is 0.390 e. The molecule has 2 unspecified atom stereocenters. The Balaban J connectivity index is 0.00000264. The lowest BCUT2D eigenvalue weighted by Crippen LogP contribution is -2.37. The Morgan fingerprint density at radius 2 is 1.04 bits per heavy atom. The number of aliphatic hydroxyl groups excluding tert-OH is 1. The number of rotatable bonds is 8. The van der Waals surface area contributed by atoms with E-state index < -0.39 is 6.10 Å². The summed E-state index contributed by atoms with van der Waals surface area (Å²) in [6.45, 7) is 5.37. The molecule has 0 saturated carbocycles. The summed E-state index contributed by atoms with van der Waals surface area (Å²) in [5, 5.41) is 16.9. The molecule has 2 rings (SSSR count). The lowest BCUT2D eigenvalue weighted by Gasteiger charge is -2.20. The molecule has 3 N–H and O–H groups in total. The van der Waals surface area contributed by atoms with Gasteiger partial charge in [0.15, 0.2) is 0 Å². The molecule has 0 aliphatic rings. The molecule has 0 heterocycles. The standard InChI is InChI=1S/C19H26N2O.2ClH/c1-15(17-9-5-3-6-10-17)20-13-19(22)14-21-16(2)18-11-7-4-8-12-18;;/h3-12,15-16,19-22H,13-14H2,1-2H3;2*1H. The van der Waals surface area contributed by atoms with Gasteiger partial charge < -0.3 is 15.7 Å². The third kappa shape index (κ3) is 7.65. The Morgan fingerprint density at radius 1 is 0.708 bits per heavy atom. The Hall–Kier alpha value is -1.10. The molecule has 2 atom stereocenters. The van der Waals surface area contributed by atoms with Gasteiger partial charge in [-0.1, -0.05) is 60.7 Å². The Labute approximate surface area is 157 Å². The van der Waals surface area contributed by atoms with Crippen molar-refractivity contribution >= 4 is 24.8 Å². The first-order chi connectivity index (χ1) is 10.7. The van der Waals surface area contributed by atoms with Crippen molar-refractivity contribution in [3.8, 4) is 0 Å². The molecule has 0 bridgehead atoms. The van der Waals surface area contributed by atoms with Crippen molar-refractivity contribution in [2.24, 2.45) is 0 Å². The van der Waals surface area contributed by atoms with E-state index in [1.54, 1.807) is 0 Å². The summed E-state index contributed by atoms with van der Waals surface area (Å²) in [5.41, 5.74) is 2.47. The fraction of sp³-hybridized carbons (Fsp3) is 0.368. The van der Waals surface area contributed by atoms with Gasteiger partial charge in [-0.15, -0.1) is 24.8 Å². The maximum Gasteiger partial charge on any atom is 0.0789 e. The molecule has 3 nitrogen and oxygen atoms in total. The molecule has 2 aromatic rings. The van der Waals surface area contributed by atoms with Gasteiger partial charge in [0.25, 0.3) is 0 Å². The highest BCUT2D eigenvalue weighted by Crippen LogP contribution is 2.12. The molecule has 0 radical (unpaired) electrons. The van der Waals surface area contributed by atoms with Crippen molar-refractivity contribution in [1.82, 2.24) is 10.6 Å². The van der Waals surface area contributed by atoms with Gasteiger partial charge in [-0.25, -0.2) is 0 Å². The zero-order valence-electron chi connectivity index (χ0n) is 14.2. The molecule has 0 aliphatic heterocycles. The van der Waals surface area contributed by atoms with Crippen LogP contribution in [0, 0.1) is 0 Å². The first-order valence-electron chi connectivity index (χ1n) is 7.91. The molecular formula is C19H28Cl2N2O. The average molecular weight is 371 g/mol. The van der Waals surface area contributed by atoms with Crippen molar-refractivity contribution in [3.63, 3.8) is 0 Å². The number of hydrogen-bond acceptors (Lipinski definition) is 3. The van der Waals surface area contributed by atoms with Crippen molar-refractivity contribution in [2.75, 3.05) is 13.1 Å². The molecular weight excluding hydrogens is 343 g/mol. The molecule has 0 aliphatic carbocycles. The van der Waals surface area contributed by atoms with E-state index in [1.165, 1.54) is 11.1 Å². The van der Waals surface area contributed by atoms with Crippen molar-refractivity contribution in [2.45, 2.75) is 32.0 Å². The molecule has 134 valence electrons. The van der Waals surface area contributed by atoms with Crippen LogP contribution in [0.15, 0.2) is 60.7 Å². The van der Waals surface area contributed by atoms with Crippen molar-refractivity contribution in [1.29, 1.82) is 0 Å². The third-order valence-corrected chi connectivity index (χ3v) is 3.92. The highest BCUT2D eigenvalue weighted by Gasteiger charge is 2.10. The van der Waals surface area contributed by atoms with E-state index in [0.717, 1.165) is 0 Å². The smallest absolute Gasteiger partial charge is 0.0789 e. The molecule has 5 heteroatoms. The SMILES string of the molecule is CC(NCC(O)CNC(C)c1ccccc1)c1ccccc1.Cl.Cl. The van der Waals surface area contributed by atoms with Crippen LogP contribution in [0.25, 0.3) is 0 Å². The minimum Gasteiger partial charge on any atom is -0.390 e. The topological polar surface area (TPSA) is 44.3 Å². The Morgan fingerprint density at radius 3 is 1.38 bits per heavy atom. The second kappa shape index (κ2) is 12.3.